The molecule has 2 aliphatic rings. The van der Waals surface area contributed by atoms with Crippen LogP contribution in [-0.2, 0) is 11.3 Å². The van der Waals surface area contributed by atoms with Gasteiger partial charge in [0.05, 0.1) is 50.9 Å². The third kappa shape index (κ3) is 5.23. The van der Waals surface area contributed by atoms with Crippen LogP contribution in [0.4, 0.5) is 5.69 Å². The number of hydrogen-bond donors (Lipinski definition) is 1. The van der Waals surface area contributed by atoms with Gasteiger partial charge >= 0.3 is 0 Å². The van der Waals surface area contributed by atoms with E-state index in [2.05, 4.69) is 45.7 Å². The smallest absolute Gasteiger partial charge is 0.174 e. The molecule has 4 heterocycles. The summed E-state index contributed by atoms with van der Waals surface area (Å²) in [5.41, 5.74) is 5.58. The van der Waals surface area contributed by atoms with Gasteiger partial charge in [-0.3, -0.25) is 9.88 Å². The van der Waals surface area contributed by atoms with Crippen LogP contribution in [0, 0.1) is 13.8 Å². The van der Waals surface area contributed by atoms with Gasteiger partial charge in [0.25, 0.3) is 0 Å². The van der Waals surface area contributed by atoms with Crippen molar-refractivity contribution in [2.75, 3.05) is 52.0 Å². The average Bonchev–Trinajstić information content (AvgIpc) is 3.44. The van der Waals surface area contributed by atoms with Gasteiger partial charge in [0.1, 0.15) is 11.5 Å². The number of pyridine rings is 1. The number of ether oxygens (including phenoxy) is 3. The molecule has 8 nitrogen and oxygen atoms in total. The van der Waals surface area contributed by atoms with Crippen molar-refractivity contribution in [1.29, 1.82) is 0 Å². The second-order valence-electron chi connectivity index (χ2n) is 9.82. The highest BCUT2D eigenvalue weighted by molar-refractivity contribution is 7.80. The van der Waals surface area contributed by atoms with Crippen molar-refractivity contribution in [2.24, 2.45) is 0 Å². The van der Waals surface area contributed by atoms with Crippen LogP contribution in [0.5, 0.6) is 11.5 Å². The fourth-order valence-corrected chi connectivity index (χ4v) is 6.00. The Labute approximate surface area is 230 Å². The molecule has 1 N–H and O–H groups in total. The quantitative estimate of drug-likeness (QED) is 0.404. The summed E-state index contributed by atoms with van der Waals surface area (Å²) in [4.78, 5) is 9.37. The molecule has 2 fully saturated rings. The van der Waals surface area contributed by atoms with Gasteiger partial charge in [-0.15, -0.1) is 0 Å². The fourth-order valence-electron chi connectivity index (χ4n) is 5.66. The zero-order chi connectivity index (χ0) is 26.6. The lowest BCUT2D eigenvalue weighted by atomic mass is 9.96. The lowest BCUT2D eigenvalue weighted by molar-refractivity contribution is 0.0369. The first-order valence-corrected chi connectivity index (χ1v) is 13.6. The molecule has 38 heavy (non-hydrogen) atoms. The minimum absolute atomic E-state index is 0.0983. The average molecular weight is 536 g/mol. The second kappa shape index (κ2) is 11.7. The molecule has 9 heteroatoms. The van der Waals surface area contributed by atoms with Crippen LogP contribution in [-0.4, -0.2) is 66.6 Å². The number of hydrogen-bond acceptors (Lipinski definition) is 6. The van der Waals surface area contributed by atoms with E-state index in [1.807, 2.05) is 36.5 Å². The molecule has 5 rings (SSSR count). The number of anilines is 1. The molecule has 0 saturated carbocycles. The maximum atomic E-state index is 5.95. The zero-order valence-electron chi connectivity index (χ0n) is 22.6. The van der Waals surface area contributed by atoms with E-state index in [4.69, 9.17) is 31.4 Å². The normalized spacial score (nSPS) is 20.0. The summed E-state index contributed by atoms with van der Waals surface area (Å²) in [5.74, 6) is 1.44. The van der Waals surface area contributed by atoms with E-state index in [1.165, 1.54) is 17.0 Å². The van der Waals surface area contributed by atoms with E-state index in [0.29, 0.717) is 10.9 Å². The van der Waals surface area contributed by atoms with Gasteiger partial charge < -0.3 is 29.0 Å². The SMILES string of the molecule is COc1ccc(N2C(=S)N[C@@H](c3ccccn3)[C@H]2c2cc(C)n(CCCN3CCOCC3)c2C)c(OC)c1. The van der Waals surface area contributed by atoms with E-state index in [1.54, 1.807) is 14.2 Å². The van der Waals surface area contributed by atoms with Crippen molar-refractivity contribution in [2.45, 2.75) is 38.9 Å². The van der Waals surface area contributed by atoms with Crippen LogP contribution < -0.4 is 19.7 Å². The Bertz CT molecular complexity index is 1260. The van der Waals surface area contributed by atoms with Crippen molar-refractivity contribution in [1.82, 2.24) is 19.8 Å². The molecular weight excluding hydrogens is 498 g/mol. The fraction of sp³-hybridized carbons (Fsp3) is 0.448. The third-order valence-electron chi connectivity index (χ3n) is 7.64. The Hall–Kier alpha value is -3.14. The minimum atomic E-state index is -0.113. The lowest BCUT2D eigenvalue weighted by Gasteiger charge is -2.29. The highest BCUT2D eigenvalue weighted by Gasteiger charge is 2.43. The molecule has 202 valence electrons. The molecule has 0 spiro atoms. The predicted octanol–water partition coefficient (Wildman–Crippen LogP) is 4.42. The molecule has 0 amide bonds. The first kappa shape index (κ1) is 26.5. The van der Waals surface area contributed by atoms with Gasteiger partial charge in [-0.2, -0.15) is 0 Å². The summed E-state index contributed by atoms with van der Waals surface area (Å²) in [5, 5.41) is 4.21. The number of methoxy groups -OCH3 is 2. The number of nitrogens with one attached hydrogen (secondary N) is 1. The first-order valence-electron chi connectivity index (χ1n) is 13.2. The minimum Gasteiger partial charge on any atom is -0.497 e. The summed E-state index contributed by atoms with van der Waals surface area (Å²) in [7, 11) is 3.33. The monoisotopic (exact) mass is 535 g/mol. The van der Waals surface area contributed by atoms with Gasteiger partial charge in [-0.25, -0.2) is 0 Å². The molecule has 2 aliphatic heterocycles. The first-order chi connectivity index (χ1) is 18.5. The van der Waals surface area contributed by atoms with Crippen LogP contribution in [0.15, 0.2) is 48.7 Å². The standard InChI is InChI=1S/C29H37N5O3S/c1-20-18-23(21(2)33(20)13-7-12-32-14-16-37-17-15-32)28-27(24-8-5-6-11-30-24)31-29(38)34(28)25-10-9-22(35-3)19-26(25)36-4/h5-6,8-11,18-19,27-28H,7,12-17H2,1-4H3,(H,31,38)/t27-,28+/m0/s1. The Kier molecular flexibility index (Phi) is 8.16. The van der Waals surface area contributed by atoms with Crippen LogP contribution >= 0.6 is 12.2 Å². The van der Waals surface area contributed by atoms with Gasteiger partial charge in [0.2, 0.25) is 0 Å². The Morgan fingerprint density at radius 3 is 2.58 bits per heavy atom. The molecule has 0 aliphatic carbocycles. The molecule has 1 aromatic carbocycles. The van der Waals surface area contributed by atoms with Crippen molar-refractivity contribution in [3.8, 4) is 11.5 Å². The van der Waals surface area contributed by atoms with Crippen LogP contribution in [0.1, 0.15) is 41.1 Å². The topological polar surface area (TPSA) is 64.0 Å². The molecule has 0 radical (unpaired) electrons. The Morgan fingerprint density at radius 1 is 1.05 bits per heavy atom. The maximum absolute atomic E-state index is 5.95. The van der Waals surface area contributed by atoms with Crippen LogP contribution in [0.3, 0.4) is 0 Å². The lowest BCUT2D eigenvalue weighted by Crippen LogP contribution is -2.37. The highest BCUT2D eigenvalue weighted by Crippen LogP contribution is 2.46. The number of rotatable bonds is 9. The third-order valence-corrected chi connectivity index (χ3v) is 7.95. The summed E-state index contributed by atoms with van der Waals surface area (Å²) < 4.78 is 19.2. The van der Waals surface area contributed by atoms with E-state index in [-0.39, 0.29) is 12.1 Å². The zero-order valence-corrected chi connectivity index (χ0v) is 23.5. The van der Waals surface area contributed by atoms with Crippen LogP contribution in [0.2, 0.25) is 0 Å². The molecule has 2 atom stereocenters. The van der Waals surface area contributed by atoms with E-state index in [0.717, 1.165) is 62.9 Å². The predicted molar refractivity (Wildman–Crippen MR) is 153 cm³/mol. The number of benzene rings is 1. The van der Waals surface area contributed by atoms with E-state index in [9.17, 15) is 0 Å². The second-order valence-corrected chi connectivity index (χ2v) is 10.2. The molecular formula is C29H37N5O3S. The van der Waals surface area contributed by atoms with E-state index >= 15 is 0 Å². The van der Waals surface area contributed by atoms with Crippen LogP contribution in [0.25, 0.3) is 0 Å². The van der Waals surface area contributed by atoms with Gasteiger partial charge in [-0.1, -0.05) is 6.07 Å². The molecule has 2 aromatic heterocycles. The largest absolute Gasteiger partial charge is 0.497 e. The molecule has 2 saturated heterocycles. The number of aromatic nitrogens is 2. The molecule has 0 bridgehead atoms. The number of aryl methyl sites for hydroxylation is 1. The molecule has 0 unspecified atom stereocenters. The summed E-state index contributed by atoms with van der Waals surface area (Å²) in [6.07, 6.45) is 2.93. The highest BCUT2D eigenvalue weighted by atomic mass is 32.1. The Balaban J connectivity index is 1.51. The summed E-state index contributed by atoms with van der Waals surface area (Å²) in [6.45, 7) is 10.2. The van der Waals surface area contributed by atoms with Gasteiger partial charge in [0.15, 0.2) is 5.11 Å². The number of thiocarbonyl (C=S) groups is 1. The number of morpholine rings is 1. The summed E-state index contributed by atoms with van der Waals surface area (Å²) in [6, 6.07) is 14.0. The molecule has 3 aromatic rings. The van der Waals surface area contributed by atoms with Gasteiger partial charge in [0, 0.05) is 49.8 Å². The number of nitrogens with zero attached hydrogens (tertiary/aromatic N) is 4. The van der Waals surface area contributed by atoms with Crippen molar-refractivity contribution in [3.05, 3.63) is 71.3 Å². The summed E-state index contributed by atoms with van der Waals surface area (Å²) >= 11 is 5.95. The van der Waals surface area contributed by atoms with Crippen molar-refractivity contribution >= 4 is 23.0 Å². The van der Waals surface area contributed by atoms with Crippen molar-refractivity contribution in [3.63, 3.8) is 0 Å². The maximum Gasteiger partial charge on any atom is 0.174 e. The van der Waals surface area contributed by atoms with E-state index < -0.39 is 0 Å². The van der Waals surface area contributed by atoms with Gasteiger partial charge in [-0.05, 0) is 68.4 Å². The van der Waals surface area contributed by atoms with Crippen molar-refractivity contribution < 1.29 is 14.2 Å². The Morgan fingerprint density at radius 2 is 1.87 bits per heavy atom.